The molecule has 30 heavy (non-hydrogen) atoms. The minimum atomic E-state index is -0.318. The van der Waals surface area contributed by atoms with Crippen LogP contribution in [0.3, 0.4) is 0 Å². The third-order valence-electron chi connectivity index (χ3n) is 4.22. The van der Waals surface area contributed by atoms with Crippen LogP contribution in [0.1, 0.15) is 21.9 Å². The van der Waals surface area contributed by atoms with E-state index in [1.807, 2.05) is 59.4 Å². The van der Waals surface area contributed by atoms with Crippen LogP contribution < -0.4 is 10.1 Å². The molecule has 2 aromatic heterocycles. The second-order valence-corrected chi connectivity index (χ2v) is 8.27. The zero-order valence-electron chi connectivity index (χ0n) is 15.7. The van der Waals surface area contributed by atoms with Crippen molar-refractivity contribution in [3.63, 3.8) is 0 Å². The SMILES string of the molecule is O=C(Nc1cccc(Cn2cc(Br)cn2)c1)c1ccc(COc2ccccc2Br)o1. The largest absolute Gasteiger partial charge is 0.484 e. The first kappa shape index (κ1) is 20.4. The molecule has 0 aliphatic rings. The number of halogens is 2. The lowest BCUT2D eigenvalue weighted by Gasteiger charge is -2.07. The molecule has 0 spiro atoms. The second kappa shape index (κ2) is 9.32. The standard InChI is InChI=1S/C22H17Br2N3O3/c23-16-11-25-27(13-16)12-15-4-3-5-17(10-15)26-22(28)21-9-8-18(30-21)14-29-20-7-2-1-6-19(20)24/h1-11,13H,12,14H2,(H,26,28). The highest BCUT2D eigenvalue weighted by Crippen LogP contribution is 2.25. The van der Waals surface area contributed by atoms with Crippen LogP contribution in [0.5, 0.6) is 5.75 Å². The average Bonchev–Trinajstić information content (AvgIpc) is 3.37. The summed E-state index contributed by atoms with van der Waals surface area (Å²) in [5.74, 6) is 1.18. The smallest absolute Gasteiger partial charge is 0.291 e. The summed E-state index contributed by atoms with van der Waals surface area (Å²) in [6.07, 6.45) is 3.63. The Morgan fingerprint density at radius 1 is 1.10 bits per heavy atom. The molecule has 152 valence electrons. The molecule has 0 bridgehead atoms. The molecule has 0 aliphatic carbocycles. The van der Waals surface area contributed by atoms with Gasteiger partial charge in [-0.15, -0.1) is 0 Å². The molecular weight excluding hydrogens is 514 g/mol. The summed E-state index contributed by atoms with van der Waals surface area (Å²) in [7, 11) is 0. The Hall–Kier alpha value is -2.84. The number of nitrogens with one attached hydrogen (secondary N) is 1. The van der Waals surface area contributed by atoms with Crippen molar-refractivity contribution in [2.75, 3.05) is 5.32 Å². The predicted molar refractivity (Wildman–Crippen MR) is 121 cm³/mol. The number of amides is 1. The summed E-state index contributed by atoms with van der Waals surface area (Å²) in [6.45, 7) is 0.831. The fourth-order valence-electron chi connectivity index (χ4n) is 2.84. The van der Waals surface area contributed by atoms with E-state index >= 15 is 0 Å². The number of aromatic nitrogens is 2. The van der Waals surface area contributed by atoms with Gasteiger partial charge < -0.3 is 14.5 Å². The molecule has 0 radical (unpaired) electrons. The second-order valence-electron chi connectivity index (χ2n) is 6.50. The highest BCUT2D eigenvalue weighted by atomic mass is 79.9. The topological polar surface area (TPSA) is 69.3 Å². The Bertz CT molecular complexity index is 1170. The van der Waals surface area contributed by atoms with Crippen molar-refractivity contribution in [1.29, 1.82) is 0 Å². The van der Waals surface area contributed by atoms with Gasteiger partial charge in [-0.25, -0.2) is 0 Å². The molecule has 6 nitrogen and oxygen atoms in total. The zero-order chi connectivity index (χ0) is 20.9. The molecule has 1 N–H and O–H groups in total. The van der Waals surface area contributed by atoms with Crippen molar-refractivity contribution >= 4 is 43.5 Å². The van der Waals surface area contributed by atoms with Crippen LogP contribution in [0.25, 0.3) is 0 Å². The van der Waals surface area contributed by atoms with Crippen LogP contribution in [0.2, 0.25) is 0 Å². The lowest BCUT2D eigenvalue weighted by atomic mass is 10.2. The molecule has 1 amide bonds. The van der Waals surface area contributed by atoms with Crippen molar-refractivity contribution in [2.24, 2.45) is 0 Å². The Morgan fingerprint density at radius 3 is 2.77 bits per heavy atom. The first-order valence-corrected chi connectivity index (χ1v) is 10.7. The van der Waals surface area contributed by atoms with E-state index < -0.39 is 0 Å². The van der Waals surface area contributed by atoms with E-state index in [1.165, 1.54) is 0 Å². The summed E-state index contributed by atoms with van der Waals surface area (Å²) in [6, 6.07) is 18.5. The molecule has 0 unspecified atom stereocenters. The normalized spacial score (nSPS) is 10.7. The zero-order valence-corrected chi connectivity index (χ0v) is 18.9. The van der Waals surface area contributed by atoms with Gasteiger partial charge in [0.1, 0.15) is 18.1 Å². The van der Waals surface area contributed by atoms with Crippen molar-refractivity contribution in [2.45, 2.75) is 13.2 Å². The van der Waals surface area contributed by atoms with E-state index in [1.54, 1.807) is 18.3 Å². The van der Waals surface area contributed by atoms with Crippen molar-refractivity contribution in [1.82, 2.24) is 9.78 Å². The summed E-state index contributed by atoms with van der Waals surface area (Å²) in [5.41, 5.74) is 1.71. The van der Waals surface area contributed by atoms with Gasteiger partial charge in [-0.3, -0.25) is 9.48 Å². The Labute approximate surface area is 190 Å². The fraction of sp³-hybridized carbons (Fsp3) is 0.0909. The third-order valence-corrected chi connectivity index (χ3v) is 5.29. The third kappa shape index (κ3) is 5.20. The lowest BCUT2D eigenvalue weighted by molar-refractivity contribution is 0.0992. The van der Waals surface area contributed by atoms with Crippen molar-refractivity contribution < 1.29 is 13.9 Å². The number of rotatable bonds is 7. The van der Waals surface area contributed by atoms with Crippen LogP contribution in [-0.2, 0) is 13.2 Å². The van der Waals surface area contributed by atoms with Gasteiger partial charge >= 0.3 is 0 Å². The number of nitrogens with zero attached hydrogens (tertiary/aromatic N) is 2. The van der Waals surface area contributed by atoms with Crippen molar-refractivity contribution in [3.05, 3.63) is 99.1 Å². The molecule has 4 rings (SSSR count). The first-order valence-electron chi connectivity index (χ1n) is 9.11. The van der Waals surface area contributed by atoms with Gasteiger partial charge in [0.25, 0.3) is 5.91 Å². The Kier molecular flexibility index (Phi) is 6.35. The highest BCUT2D eigenvalue weighted by Gasteiger charge is 2.13. The molecule has 8 heteroatoms. The lowest BCUT2D eigenvalue weighted by Crippen LogP contribution is -2.11. The predicted octanol–water partition coefficient (Wildman–Crippen LogP) is 5.88. The monoisotopic (exact) mass is 529 g/mol. The summed E-state index contributed by atoms with van der Waals surface area (Å²) in [5, 5.41) is 7.12. The maximum Gasteiger partial charge on any atom is 0.291 e. The van der Waals surface area contributed by atoms with Gasteiger partial charge in [0.05, 0.1) is 21.7 Å². The maximum absolute atomic E-state index is 12.6. The summed E-state index contributed by atoms with van der Waals surface area (Å²) < 4.78 is 15.0. The van der Waals surface area contributed by atoms with E-state index in [9.17, 15) is 4.79 Å². The number of carbonyl (C=O) groups is 1. The van der Waals surface area contributed by atoms with Crippen LogP contribution in [-0.4, -0.2) is 15.7 Å². The molecule has 0 saturated heterocycles. The number of carbonyl (C=O) groups excluding carboxylic acids is 1. The molecule has 4 aromatic rings. The number of para-hydroxylation sites is 1. The van der Waals surface area contributed by atoms with Gasteiger partial charge in [0, 0.05) is 11.9 Å². The maximum atomic E-state index is 12.6. The van der Waals surface area contributed by atoms with Crippen molar-refractivity contribution in [3.8, 4) is 5.75 Å². The van der Waals surface area contributed by atoms with Crippen LogP contribution in [0.4, 0.5) is 5.69 Å². The van der Waals surface area contributed by atoms with E-state index in [4.69, 9.17) is 9.15 Å². The quantitative estimate of drug-likeness (QED) is 0.324. The van der Waals surface area contributed by atoms with E-state index in [2.05, 4.69) is 42.3 Å². The van der Waals surface area contributed by atoms with Crippen LogP contribution >= 0.6 is 31.9 Å². The van der Waals surface area contributed by atoms with Gasteiger partial charge in [-0.2, -0.15) is 5.10 Å². The highest BCUT2D eigenvalue weighted by molar-refractivity contribution is 9.10. The molecule has 2 heterocycles. The Balaban J connectivity index is 1.37. The van der Waals surface area contributed by atoms with Gasteiger partial charge in [-0.05, 0) is 73.8 Å². The number of benzene rings is 2. The van der Waals surface area contributed by atoms with Gasteiger partial charge in [-0.1, -0.05) is 24.3 Å². The first-order chi connectivity index (χ1) is 14.6. The van der Waals surface area contributed by atoms with E-state index in [0.717, 1.165) is 14.5 Å². The minimum absolute atomic E-state index is 0.224. The molecule has 0 saturated carbocycles. The summed E-state index contributed by atoms with van der Waals surface area (Å²) in [4.78, 5) is 12.6. The number of hydrogen-bond acceptors (Lipinski definition) is 4. The number of hydrogen-bond donors (Lipinski definition) is 1. The fourth-order valence-corrected chi connectivity index (χ4v) is 3.57. The number of ether oxygens (including phenoxy) is 1. The molecule has 0 aliphatic heterocycles. The number of anilines is 1. The minimum Gasteiger partial charge on any atom is -0.484 e. The molecular formula is C22H17Br2N3O3. The van der Waals surface area contributed by atoms with Gasteiger partial charge in [0.15, 0.2) is 5.76 Å². The number of furan rings is 1. The summed E-state index contributed by atoms with van der Waals surface area (Å²) >= 11 is 6.82. The van der Waals surface area contributed by atoms with Crippen LogP contribution in [0.15, 0.2) is 86.4 Å². The molecule has 0 atom stereocenters. The average molecular weight is 531 g/mol. The molecule has 2 aromatic carbocycles. The van der Waals surface area contributed by atoms with Gasteiger partial charge in [0.2, 0.25) is 0 Å². The van der Waals surface area contributed by atoms with E-state index in [0.29, 0.717) is 23.7 Å². The van der Waals surface area contributed by atoms with E-state index in [-0.39, 0.29) is 18.3 Å². The molecule has 0 fully saturated rings. The van der Waals surface area contributed by atoms with Crippen LogP contribution in [0, 0.1) is 0 Å². The Morgan fingerprint density at radius 2 is 1.97 bits per heavy atom.